The fraction of sp³-hybridized carbons (Fsp3) is 0.143. The minimum absolute atomic E-state index is 0.417. The molecule has 2 aromatic heterocycles. The Morgan fingerprint density at radius 3 is 2.83 bits per heavy atom. The summed E-state index contributed by atoms with van der Waals surface area (Å²) in [5.41, 5.74) is 8.59. The molecule has 1 amide bonds. The van der Waals surface area contributed by atoms with Gasteiger partial charge in [-0.3, -0.25) is 4.79 Å². The van der Waals surface area contributed by atoms with Crippen LogP contribution in [0.2, 0.25) is 0 Å². The molecule has 0 bridgehead atoms. The van der Waals surface area contributed by atoms with Gasteiger partial charge in [0, 0.05) is 18.4 Å². The van der Waals surface area contributed by atoms with Gasteiger partial charge in [0.2, 0.25) is 5.91 Å². The van der Waals surface area contributed by atoms with Gasteiger partial charge in [-0.1, -0.05) is 36.4 Å². The van der Waals surface area contributed by atoms with Crippen LogP contribution in [0.25, 0.3) is 16.9 Å². The predicted molar refractivity (Wildman–Crippen MR) is 108 cm³/mol. The van der Waals surface area contributed by atoms with Gasteiger partial charge in [-0.25, -0.2) is 4.98 Å². The highest BCUT2D eigenvalue weighted by Crippen LogP contribution is 2.32. The van der Waals surface area contributed by atoms with Gasteiger partial charge in [0.25, 0.3) is 5.95 Å². The molecule has 0 radical (unpaired) electrons. The van der Waals surface area contributed by atoms with Gasteiger partial charge in [0.15, 0.2) is 11.6 Å². The molecule has 1 aliphatic heterocycles. The molecule has 3 N–H and O–H groups in total. The average Bonchev–Trinajstić information content (AvgIpc) is 3.39. The van der Waals surface area contributed by atoms with Gasteiger partial charge in [-0.05, 0) is 17.7 Å². The van der Waals surface area contributed by atoms with E-state index in [1.165, 1.54) is 0 Å². The quantitative estimate of drug-likeness (QED) is 0.545. The molecule has 0 atom stereocenters. The molecule has 0 unspecified atom stereocenters. The molecule has 0 fully saturated rings. The minimum atomic E-state index is -0.497. The molecule has 8 nitrogen and oxygen atoms in total. The van der Waals surface area contributed by atoms with E-state index in [1.54, 1.807) is 23.0 Å². The third-order valence-electron chi connectivity index (χ3n) is 4.88. The van der Waals surface area contributed by atoms with Crippen LogP contribution in [-0.4, -0.2) is 32.3 Å². The third kappa shape index (κ3) is 3.04. The zero-order valence-electron chi connectivity index (χ0n) is 15.5. The molecular weight excluding hydrogens is 368 g/mol. The van der Waals surface area contributed by atoms with Crippen LogP contribution < -0.4 is 15.8 Å². The van der Waals surface area contributed by atoms with E-state index < -0.39 is 5.91 Å². The van der Waals surface area contributed by atoms with E-state index >= 15 is 0 Å². The van der Waals surface area contributed by atoms with Crippen molar-refractivity contribution < 1.29 is 9.53 Å². The Bertz CT molecular complexity index is 1220. The Morgan fingerprint density at radius 1 is 1.14 bits per heavy atom. The van der Waals surface area contributed by atoms with E-state index in [0.717, 1.165) is 11.3 Å². The fourth-order valence-corrected chi connectivity index (χ4v) is 3.48. The number of primary amides is 1. The third-order valence-corrected chi connectivity index (χ3v) is 4.88. The molecule has 5 rings (SSSR count). The maximum Gasteiger partial charge on any atom is 0.253 e. The zero-order chi connectivity index (χ0) is 19.8. The van der Waals surface area contributed by atoms with Gasteiger partial charge < -0.3 is 15.8 Å². The van der Waals surface area contributed by atoms with E-state index in [2.05, 4.69) is 20.4 Å². The Kier molecular flexibility index (Phi) is 4.09. The van der Waals surface area contributed by atoms with Crippen molar-refractivity contribution in [2.24, 2.45) is 5.73 Å². The maximum absolute atomic E-state index is 11.7. The van der Waals surface area contributed by atoms with Gasteiger partial charge in [0.1, 0.15) is 0 Å². The average molecular weight is 386 g/mol. The predicted octanol–water partition coefficient (Wildman–Crippen LogP) is 2.46. The molecular formula is C21H18N6O2. The van der Waals surface area contributed by atoms with Crippen LogP contribution >= 0.6 is 0 Å². The highest BCUT2D eigenvalue weighted by molar-refractivity contribution is 6.05. The lowest BCUT2D eigenvalue weighted by Crippen LogP contribution is -2.11. The number of fused-ring (bicyclic) bond motifs is 2. The number of nitrogens with zero attached hydrogens (tertiary/aromatic N) is 4. The van der Waals surface area contributed by atoms with Crippen LogP contribution in [0.3, 0.4) is 0 Å². The van der Waals surface area contributed by atoms with Crippen molar-refractivity contribution in [3.8, 4) is 11.7 Å². The largest absolute Gasteiger partial charge is 0.487 e. The number of benzene rings is 2. The lowest BCUT2D eigenvalue weighted by atomic mass is 10.1. The number of hydrogen-bond acceptors (Lipinski definition) is 6. The smallest absolute Gasteiger partial charge is 0.253 e. The first kappa shape index (κ1) is 17.2. The molecule has 0 saturated heterocycles. The van der Waals surface area contributed by atoms with Crippen LogP contribution in [-0.2, 0) is 13.0 Å². The van der Waals surface area contributed by atoms with Crippen LogP contribution in [0, 0.1) is 0 Å². The molecule has 8 heteroatoms. The van der Waals surface area contributed by atoms with E-state index in [-0.39, 0.29) is 0 Å². The van der Waals surface area contributed by atoms with Crippen LogP contribution in [0.4, 0.5) is 5.82 Å². The summed E-state index contributed by atoms with van der Waals surface area (Å²) in [4.78, 5) is 21.0. The summed E-state index contributed by atoms with van der Waals surface area (Å²) in [6.07, 6.45) is 2.32. The summed E-state index contributed by atoms with van der Waals surface area (Å²) >= 11 is 0. The number of aromatic nitrogens is 4. The Labute approximate surface area is 166 Å². The Hall–Kier alpha value is -3.94. The van der Waals surface area contributed by atoms with Crippen molar-refractivity contribution in [1.29, 1.82) is 0 Å². The molecule has 29 heavy (non-hydrogen) atoms. The maximum atomic E-state index is 11.7. The molecule has 0 spiro atoms. The number of nitrogens with two attached hydrogens (primary N) is 1. The highest BCUT2D eigenvalue weighted by Gasteiger charge is 2.23. The second-order valence-corrected chi connectivity index (χ2v) is 6.74. The van der Waals surface area contributed by atoms with Crippen LogP contribution in [0.1, 0.15) is 21.6 Å². The monoisotopic (exact) mass is 386 g/mol. The van der Waals surface area contributed by atoms with Gasteiger partial charge in [-0.2, -0.15) is 14.8 Å². The standard InChI is InChI=1S/C21H18N6O2/c22-19(28)14-7-4-8-17-15(14)12-24-27(17)21-25-16-9-10-29-18(16)20(26-21)23-11-13-5-2-1-3-6-13/h1-8,12H,9-11H2,(H2,22,28)(H,23,25,26). The molecule has 0 saturated carbocycles. The SMILES string of the molecule is NC(=O)c1cccc2c1cnn2-c1nc2c(c(NCc3ccccc3)n1)OCC2. The van der Waals surface area contributed by atoms with Crippen molar-refractivity contribution in [2.75, 3.05) is 11.9 Å². The second kappa shape index (κ2) is 6.90. The summed E-state index contributed by atoms with van der Waals surface area (Å²) in [5.74, 6) is 1.23. The normalized spacial score (nSPS) is 12.6. The number of carbonyl (C=O) groups is 1. The number of rotatable bonds is 5. The molecule has 1 aliphatic rings. The summed E-state index contributed by atoms with van der Waals surface area (Å²) in [6.45, 7) is 1.18. The zero-order valence-corrected chi connectivity index (χ0v) is 15.5. The number of amides is 1. The van der Waals surface area contributed by atoms with Gasteiger partial charge in [-0.15, -0.1) is 0 Å². The second-order valence-electron chi connectivity index (χ2n) is 6.74. The van der Waals surface area contributed by atoms with Crippen molar-refractivity contribution >= 4 is 22.6 Å². The summed E-state index contributed by atoms with van der Waals surface area (Å²) < 4.78 is 7.37. The lowest BCUT2D eigenvalue weighted by molar-refractivity contribution is 0.100. The highest BCUT2D eigenvalue weighted by atomic mass is 16.5. The Balaban J connectivity index is 1.57. The van der Waals surface area contributed by atoms with E-state index in [4.69, 9.17) is 10.5 Å². The van der Waals surface area contributed by atoms with Crippen LogP contribution in [0.15, 0.2) is 54.7 Å². The summed E-state index contributed by atoms with van der Waals surface area (Å²) in [5, 5.41) is 8.42. The van der Waals surface area contributed by atoms with Crippen molar-refractivity contribution in [1.82, 2.24) is 19.7 Å². The minimum Gasteiger partial charge on any atom is -0.487 e. The van der Waals surface area contributed by atoms with E-state index in [1.807, 2.05) is 36.4 Å². The summed E-state index contributed by atoms with van der Waals surface area (Å²) in [6, 6.07) is 15.4. The summed E-state index contributed by atoms with van der Waals surface area (Å²) in [7, 11) is 0. The Morgan fingerprint density at radius 2 is 2.00 bits per heavy atom. The van der Waals surface area contributed by atoms with Crippen LogP contribution in [0.5, 0.6) is 5.75 Å². The number of nitrogens with one attached hydrogen (secondary N) is 1. The topological polar surface area (TPSA) is 108 Å². The first-order valence-corrected chi connectivity index (χ1v) is 9.29. The number of carbonyl (C=O) groups excluding carboxylic acids is 1. The lowest BCUT2D eigenvalue weighted by Gasteiger charge is -2.12. The van der Waals surface area contributed by atoms with Crippen molar-refractivity contribution in [2.45, 2.75) is 13.0 Å². The molecule has 2 aromatic carbocycles. The first-order valence-electron chi connectivity index (χ1n) is 9.29. The number of hydrogen-bond donors (Lipinski definition) is 2. The van der Waals surface area contributed by atoms with E-state index in [9.17, 15) is 4.79 Å². The number of ether oxygens (including phenoxy) is 1. The van der Waals surface area contributed by atoms with Crippen molar-refractivity contribution in [3.63, 3.8) is 0 Å². The molecule has 4 aromatic rings. The first-order chi connectivity index (χ1) is 14.2. The van der Waals surface area contributed by atoms with Gasteiger partial charge in [0.05, 0.1) is 29.6 Å². The molecule has 3 heterocycles. The van der Waals surface area contributed by atoms with Crippen molar-refractivity contribution in [3.05, 3.63) is 71.5 Å². The molecule has 0 aliphatic carbocycles. The molecule has 144 valence electrons. The van der Waals surface area contributed by atoms with Gasteiger partial charge >= 0.3 is 0 Å². The fourth-order valence-electron chi connectivity index (χ4n) is 3.48. The van der Waals surface area contributed by atoms with E-state index in [0.29, 0.717) is 53.6 Å². The number of anilines is 1.